The molecular formula is C16H26N4O. The average Bonchev–Trinajstić information content (AvgIpc) is 2.48. The molecule has 2 heterocycles. The van der Waals surface area contributed by atoms with E-state index in [1.165, 1.54) is 13.0 Å². The smallest absolute Gasteiger partial charge is 0.270 e. The lowest BCUT2D eigenvalue weighted by Gasteiger charge is -2.35. The summed E-state index contributed by atoms with van der Waals surface area (Å²) in [6.07, 6.45) is 3.02. The van der Waals surface area contributed by atoms with Crippen molar-refractivity contribution in [2.45, 2.75) is 33.2 Å². The number of amides is 1. The topological polar surface area (TPSA) is 48.5 Å². The number of carbonyl (C=O) groups is 1. The number of hydrogen-bond acceptors (Lipinski definition) is 4. The van der Waals surface area contributed by atoms with Crippen LogP contribution in [0.4, 0.5) is 5.69 Å². The van der Waals surface area contributed by atoms with Crippen LogP contribution in [-0.4, -0.2) is 54.6 Å². The fourth-order valence-corrected chi connectivity index (χ4v) is 2.59. The monoisotopic (exact) mass is 290 g/mol. The van der Waals surface area contributed by atoms with E-state index in [2.05, 4.69) is 27.0 Å². The normalized spacial score (nSPS) is 16.3. The number of nitrogens with one attached hydrogen (secondary N) is 1. The Morgan fingerprint density at radius 2 is 2.00 bits per heavy atom. The average molecular weight is 290 g/mol. The van der Waals surface area contributed by atoms with Gasteiger partial charge >= 0.3 is 0 Å². The van der Waals surface area contributed by atoms with Crippen molar-refractivity contribution in [2.75, 3.05) is 37.6 Å². The molecule has 0 aromatic carbocycles. The molecule has 0 bridgehead atoms. The van der Waals surface area contributed by atoms with Crippen LogP contribution in [0.2, 0.25) is 0 Å². The SMILES string of the molecule is CCCN1CCN(c2ccc(C(=O)NC(C)C)nc2)CC1. The third-order valence-corrected chi connectivity index (χ3v) is 3.68. The number of piperazine rings is 1. The summed E-state index contributed by atoms with van der Waals surface area (Å²) in [6.45, 7) is 11.5. The summed E-state index contributed by atoms with van der Waals surface area (Å²) >= 11 is 0. The molecule has 1 N–H and O–H groups in total. The maximum atomic E-state index is 11.9. The first-order chi connectivity index (χ1) is 10.1. The van der Waals surface area contributed by atoms with Crippen LogP contribution in [0.15, 0.2) is 18.3 Å². The van der Waals surface area contributed by atoms with Crippen LogP contribution < -0.4 is 10.2 Å². The van der Waals surface area contributed by atoms with Gasteiger partial charge in [-0.1, -0.05) is 6.92 Å². The van der Waals surface area contributed by atoms with E-state index in [1.807, 2.05) is 32.2 Å². The standard InChI is InChI=1S/C16H26N4O/c1-4-7-19-8-10-20(11-9-19)14-5-6-15(17-12-14)16(21)18-13(2)3/h5-6,12-13H,4,7-11H2,1-3H3,(H,18,21). The quantitative estimate of drug-likeness (QED) is 0.897. The Hall–Kier alpha value is -1.62. The van der Waals surface area contributed by atoms with Gasteiger partial charge in [0.05, 0.1) is 11.9 Å². The second-order valence-electron chi connectivity index (χ2n) is 5.86. The number of carbonyl (C=O) groups excluding carboxylic acids is 1. The van der Waals surface area contributed by atoms with E-state index in [1.54, 1.807) is 0 Å². The summed E-state index contributed by atoms with van der Waals surface area (Å²) in [5.74, 6) is -0.107. The molecule has 1 aromatic heterocycles. The highest BCUT2D eigenvalue weighted by molar-refractivity contribution is 5.92. The van der Waals surface area contributed by atoms with E-state index in [4.69, 9.17) is 0 Å². The summed E-state index contributed by atoms with van der Waals surface area (Å²) in [6, 6.07) is 3.94. The molecule has 0 aliphatic carbocycles. The predicted molar refractivity (Wildman–Crippen MR) is 85.8 cm³/mol. The second kappa shape index (κ2) is 7.41. The number of nitrogens with zero attached hydrogens (tertiary/aromatic N) is 3. The number of pyridine rings is 1. The summed E-state index contributed by atoms with van der Waals surface area (Å²) in [7, 11) is 0. The summed E-state index contributed by atoms with van der Waals surface area (Å²) in [4.78, 5) is 21.0. The first-order valence-corrected chi connectivity index (χ1v) is 7.84. The molecule has 1 aliphatic rings. The lowest BCUT2D eigenvalue weighted by molar-refractivity contribution is 0.0938. The van der Waals surface area contributed by atoms with Crippen LogP contribution in [0.1, 0.15) is 37.7 Å². The third-order valence-electron chi connectivity index (χ3n) is 3.68. The van der Waals surface area contributed by atoms with Crippen molar-refractivity contribution in [1.82, 2.24) is 15.2 Å². The Morgan fingerprint density at radius 1 is 1.29 bits per heavy atom. The minimum absolute atomic E-state index is 0.107. The predicted octanol–water partition coefficient (Wildman–Crippen LogP) is 1.75. The van der Waals surface area contributed by atoms with Gasteiger partial charge in [0.2, 0.25) is 0 Å². The fourth-order valence-electron chi connectivity index (χ4n) is 2.59. The molecule has 116 valence electrons. The van der Waals surface area contributed by atoms with Crippen LogP contribution in [0.5, 0.6) is 0 Å². The van der Waals surface area contributed by atoms with Crippen molar-refractivity contribution < 1.29 is 4.79 Å². The van der Waals surface area contributed by atoms with E-state index >= 15 is 0 Å². The van der Waals surface area contributed by atoms with Gasteiger partial charge in [-0.15, -0.1) is 0 Å². The lowest BCUT2D eigenvalue weighted by atomic mass is 10.2. The minimum atomic E-state index is -0.107. The molecule has 0 spiro atoms. The second-order valence-corrected chi connectivity index (χ2v) is 5.86. The van der Waals surface area contributed by atoms with E-state index in [0.29, 0.717) is 5.69 Å². The molecule has 2 rings (SSSR count). The molecule has 0 saturated carbocycles. The van der Waals surface area contributed by atoms with Gasteiger partial charge in [0.15, 0.2) is 0 Å². The highest BCUT2D eigenvalue weighted by Crippen LogP contribution is 2.15. The molecule has 1 saturated heterocycles. The highest BCUT2D eigenvalue weighted by atomic mass is 16.1. The van der Waals surface area contributed by atoms with E-state index < -0.39 is 0 Å². The lowest BCUT2D eigenvalue weighted by Crippen LogP contribution is -2.46. The van der Waals surface area contributed by atoms with E-state index in [-0.39, 0.29) is 11.9 Å². The van der Waals surface area contributed by atoms with Crippen molar-refractivity contribution in [1.29, 1.82) is 0 Å². The largest absolute Gasteiger partial charge is 0.368 e. The Kier molecular flexibility index (Phi) is 5.56. The number of rotatable bonds is 5. The minimum Gasteiger partial charge on any atom is -0.368 e. The van der Waals surface area contributed by atoms with Gasteiger partial charge < -0.3 is 10.2 Å². The van der Waals surface area contributed by atoms with Crippen LogP contribution in [0, 0.1) is 0 Å². The molecule has 21 heavy (non-hydrogen) atoms. The van der Waals surface area contributed by atoms with E-state index in [9.17, 15) is 4.79 Å². The van der Waals surface area contributed by atoms with Crippen LogP contribution in [0.3, 0.4) is 0 Å². The fraction of sp³-hybridized carbons (Fsp3) is 0.625. The van der Waals surface area contributed by atoms with Gasteiger partial charge in [-0.3, -0.25) is 9.69 Å². The van der Waals surface area contributed by atoms with Crippen molar-refractivity contribution in [3.63, 3.8) is 0 Å². The van der Waals surface area contributed by atoms with Gasteiger partial charge in [0.25, 0.3) is 5.91 Å². The summed E-state index contributed by atoms with van der Waals surface area (Å²) < 4.78 is 0. The molecule has 1 fully saturated rings. The molecule has 0 atom stereocenters. The molecular weight excluding hydrogens is 264 g/mol. The zero-order chi connectivity index (χ0) is 15.2. The molecule has 1 aliphatic heterocycles. The van der Waals surface area contributed by atoms with Crippen LogP contribution in [0.25, 0.3) is 0 Å². The molecule has 1 amide bonds. The van der Waals surface area contributed by atoms with Gasteiger partial charge in [-0.05, 0) is 38.9 Å². The third kappa shape index (κ3) is 4.43. The van der Waals surface area contributed by atoms with Crippen molar-refractivity contribution >= 4 is 11.6 Å². The van der Waals surface area contributed by atoms with E-state index in [0.717, 1.165) is 31.9 Å². The maximum Gasteiger partial charge on any atom is 0.270 e. The summed E-state index contributed by atoms with van der Waals surface area (Å²) in [5, 5.41) is 2.86. The van der Waals surface area contributed by atoms with Crippen LogP contribution >= 0.6 is 0 Å². The van der Waals surface area contributed by atoms with Crippen LogP contribution in [-0.2, 0) is 0 Å². The molecule has 5 nitrogen and oxygen atoms in total. The van der Waals surface area contributed by atoms with Gasteiger partial charge in [0.1, 0.15) is 5.69 Å². The van der Waals surface area contributed by atoms with Gasteiger partial charge in [-0.2, -0.15) is 0 Å². The van der Waals surface area contributed by atoms with Crippen molar-refractivity contribution in [3.8, 4) is 0 Å². The summed E-state index contributed by atoms with van der Waals surface area (Å²) in [5.41, 5.74) is 1.59. The van der Waals surface area contributed by atoms with Crippen molar-refractivity contribution in [2.24, 2.45) is 0 Å². The van der Waals surface area contributed by atoms with Gasteiger partial charge in [-0.25, -0.2) is 4.98 Å². The zero-order valence-corrected chi connectivity index (χ0v) is 13.3. The Morgan fingerprint density at radius 3 is 2.52 bits per heavy atom. The highest BCUT2D eigenvalue weighted by Gasteiger charge is 2.17. The number of aromatic nitrogens is 1. The Labute approximate surface area is 127 Å². The maximum absolute atomic E-state index is 11.9. The zero-order valence-electron chi connectivity index (χ0n) is 13.3. The first kappa shape index (κ1) is 15.8. The number of anilines is 1. The van der Waals surface area contributed by atoms with Crippen molar-refractivity contribution in [3.05, 3.63) is 24.0 Å². The first-order valence-electron chi connectivity index (χ1n) is 7.84. The molecule has 0 radical (unpaired) electrons. The molecule has 5 heteroatoms. The Bertz CT molecular complexity index is 450. The Balaban J connectivity index is 1.92. The van der Waals surface area contributed by atoms with Gasteiger partial charge in [0, 0.05) is 32.2 Å². The molecule has 1 aromatic rings. The number of hydrogen-bond donors (Lipinski definition) is 1. The molecule has 0 unspecified atom stereocenters.